The molecule has 1 aliphatic heterocycles. The molecule has 0 spiro atoms. The molecule has 0 amide bonds. The Bertz CT molecular complexity index is 1030. The lowest BCUT2D eigenvalue weighted by molar-refractivity contribution is 0.0398. The Hall–Kier alpha value is -2.72. The minimum absolute atomic E-state index is 0.142. The fraction of sp³-hybridized carbons (Fsp3) is 0.474. The molecular formula is C19H22F2N4O4. The van der Waals surface area contributed by atoms with Crippen molar-refractivity contribution in [2.24, 2.45) is 0 Å². The van der Waals surface area contributed by atoms with Gasteiger partial charge in [0.15, 0.2) is 11.6 Å². The van der Waals surface area contributed by atoms with Crippen LogP contribution in [0.2, 0.25) is 0 Å². The summed E-state index contributed by atoms with van der Waals surface area (Å²) in [7, 11) is 0. The number of anilines is 2. The van der Waals surface area contributed by atoms with E-state index >= 15 is 4.39 Å². The van der Waals surface area contributed by atoms with E-state index in [1.54, 1.807) is 0 Å². The summed E-state index contributed by atoms with van der Waals surface area (Å²) >= 11 is 0. The van der Waals surface area contributed by atoms with E-state index in [9.17, 15) is 19.1 Å². The number of aromatic carboxylic acids is 1. The number of carbonyl (C=O) groups is 1. The average molecular weight is 408 g/mol. The van der Waals surface area contributed by atoms with Crippen LogP contribution in [-0.2, 0) is 4.74 Å². The van der Waals surface area contributed by atoms with E-state index in [-0.39, 0.29) is 18.1 Å². The second kappa shape index (κ2) is 7.60. The first-order valence-corrected chi connectivity index (χ1v) is 9.52. The highest BCUT2D eigenvalue weighted by Crippen LogP contribution is 2.40. The molecule has 2 heterocycles. The van der Waals surface area contributed by atoms with Gasteiger partial charge in [0.2, 0.25) is 5.43 Å². The largest absolute Gasteiger partial charge is 0.477 e. The lowest BCUT2D eigenvalue weighted by Gasteiger charge is -2.26. The minimum Gasteiger partial charge on any atom is -0.477 e. The SMILES string of the molecule is Nc1c(F)c(NCCN2CCOCC2)c(F)c2c1c(=O)c(C(=O)O)cn2C1CC1. The lowest BCUT2D eigenvalue weighted by Crippen LogP contribution is -2.39. The van der Waals surface area contributed by atoms with Gasteiger partial charge in [-0.3, -0.25) is 9.69 Å². The molecule has 2 aromatic rings. The summed E-state index contributed by atoms with van der Waals surface area (Å²) in [5, 5.41) is 11.6. The van der Waals surface area contributed by atoms with Crippen LogP contribution in [-0.4, -0.2) is 59.9 Å². The molecule has 2 aliphatic rings. The van der Waals surface area contributed by atoms with Crippen LogP contribution in [0, 0.1) is 11.6 Å². The number of fused-ring (bicyclic) bond motifs is 1. The smallest absolute Gasteiger partial charge is 0.341 e. The summed E-state index contributed by atoms with van der Waals surface area (Å²) in [5.74, 6) is -3.48. The number of rotatable bonds is 6. The average Bonchev–Trinajstić information content (AvgIpc) is 3.54. The summed E-state index contributed by atoms with van der Waals surface area (Å²) in [4.78, 5) is 26.1. The quantitative estimate of drug-likeness (QED) is 0.624. The number of nitrogens with zero attached hydrogens (tertiary/aromatic N) is 2. The third-order valence-corrected chi connectivity index (χ3v) is 5.39. The maximum Gasteiger partial charge on any atom is 0.341 e. The highest BCUT2D eigenvalue weighted by atomic mass is 19.1. The number of halogens is 2. The highest BCUT2D eigenvalue weighted by Gasteiger charge is 2.31. The van der Waals surface area contributed by atoms with E-state index in [2.05, 4.69) is 10.2 Å². The van der Waals surface area contributed by atoms with Crippen molar-refractivity contribution in [3.05, 3.63) is 33.6 Å². The zero-order chi connectivity index (χ0) is 20.7. The van der Waals surface area contributed by atoms with Crippen LogP contribution in [0.25, 0.3) is 10.9 Å². The number of hydrogen-bond acceptors (Lipinski definition) is 6. The number of carboxylic acids is 1. The van der Waals surface area contributed by atoms with Gasteiger partial charge in [-0.2, -0.15) is 0 Å². The highest BCUT2D eigenvalue weighted by molar-refractivity contribution is 5.99. The number of nitrogen functional groups attached to an aromatic ring is 1. The molecule has 10 heteroatoms. The molecule has 0 bridgehead atoms. The molecule has 2 fully saturated rings. The molecule has 8 nitrogen and oxygen atoms in total. The van der Waals surface area contributed by atoms with Crippen molar-refractivity contribution < 1.29 is 23.4 Å². The van der Waals surface area contributed by atoms with Crippen LogP contribution in [0.4, 0.5) is 20.2 Å². The Morgan fingerprint density at radius 3 is 2.59 bits per heavy atom. The van der Waals surface area contributed by atoms with Crippen LogP contribution in [0.5, 0.6) is 0 Å². The molecule has 4 N–H and O–H groups in total. The first-order chi connectivity index (χ1) is 13.9. The number of benzene rings is 1. The zero-order valence-corrected chi connectivity index (χ0v) is 15.7. The summed E-state index contributed by atoms with van der Waals surface area (Å²) in [6, 6.07) is -0.142. The predicted molar refractivity (Wildman–Crippen MR) is 104 cm³/mol. The van der Waals surface area contributed by atoms with E-state index < -0.39 is 45.4 Å². The first kappa shape index (κ1) is 19.6. The molecule has 0 atom stereocenters. The molecule has 1 saturated heterocycles. The maximum absolute atomic E-state index is 15.3. The van der Waals surface area contributed by atoms with Gasteiger partial charge < -0.3 is 25.5 Å². The Balaban J connectivity index is 1.76. The Morgan fingerprint density at radius 1 is 1.28 bits per heavy atom. The third-order valence-electron chi connectivity index (χ3n) is 5.39. The van der Waals surface area contributed by atoms with Crippen LogP contribution >= 0.6 is 0 Å². The van der Waals surface area contributed by atoms with Gasteiger partial charge in [0.05, 0.1) is 29.8 Å². The van der Waals surface area contributed by atoms with E-state index in [0.29, 0.717) is 32.6 Å². The Labute approximate surface area is 164 Å². The van der Waals surface area contributed by atoms with Gasteiger partial charge in [-0.05, 0) is 12.8 Å². The molecule has 156 valence electrons. The lowest BCUT2D eigenvalue weighted by atomic mass is 10.1. The van der Waals surface area contributed by atoms with Gasteiger partial charge in [0, 0.05) is 38.4 Å². The predicted octanol–water partition coefficient (Wildman–Crippen LogP) is 1.64. The molecule has 1 aromatic carbocycles. The van der Waals surface area contributed by atoms with Crippen molar-refractivity contribution in [3.63, 3.8) is 0 Å². The van der Waals surface area contributed by atoms with Gasteiger partial charge >= 0.3 is 5.97 Å². The Morgan fingerprint density at radius 2 is 1.97 bits per heavy atom. The molecule has 0 unspecified atom stereocenters. The van der Waals surface area contributed by atoms with Crippen LogP contribution in [0.3, 0.4) is 0 Å². The normalized spacial score (nSPS) is 17.6. The van der Waals surface area contributed by atoms with Gasteiger partial charge in [-0.1, -0.05) is 0 Å². The number of nitrogens with two attached hydrogens (primary N) is 1. The molecule has 1 aromatic heterocycles. The number of hydrogen-bond donors (Lipinski definition) is 3. The van der Waals surface area contributed by atoms with Crippen molar-refractivity contribution >= 4 is 28.2 Å². The minimum atomic E-state index is -1.46. The summed E-state index contributed by atoms with van der Waals surface area (Å²) in [6.45, 7) is 3.56. The topological polar surface area (TPSA) is 110 Å². The van der Waals surface area contributed by atoms with Gasteiger partial charge in [0.1, 0.15) is 11.3 Å². The molecule has 1 aliphatic carbocycles. The van der Waals surface area contributed by atoms with E-state index in [4.69, 9.17) is 10.5 Å². The number of aromatic nitrogens is 1. The summed E-state index contributed by atoms with van der Waals surface area (Å²) in [5.41, 5.74) is 3.20. The fourth-order valence-corrected chi connectivity index (χ4v) is 3.68. The van der Waals surface area contributed by atoms with Crippen molar-refractivity contribution in [1.82, 2.24) is 9.47 Å². The summed E-state index contributed by atoms with van der Waals surface area (Å²) in [6.07, 6.45) is 2.56. The number of nitrogens with one attached hydrogen (secondary N) is 1. The van der Waals surface area contributed by atoms with Crippen LogP contribution < -0.4 is 16.5 Å². The number of ether oxygens (including phenoxy) is 1. The second-order valence-corrected chi connectivity index (χ2v) is 7.34. The van der Waals surface area contributed by atoms with E-state index in [0.717, 1.165) is 19.3 Å². The first-order valence-electron chi connectivity index (χ1n) is 9.52. The molecule has 0 radical (unpaired) electrons. The van der Waals surface area contributed by atoms with Crippen molar-refractivity contribution in [3.8, 4) is 0 Å². The second-order valence-electron chi connectivity index (χ2n) is 7.34. The molecular weight excluding hydrogens is 386 g/mol. The van der Waals surface area contributed by atoms with Crippen LogP contribution in [0.1, 0.15) is 29.2 Å². The maximum atomic E-state index is 15.3. The van der Waals surface area contributed by atoms with E-state index in [1.165, 1.54) is 4.57 Å². The monoisotopic (exact) mass is 408 g/mol. The molecule has 29 heavy (non-hydrogen) atoms. The zero-order valence-electron chi connectivity index (χ0n) is 15.7. The molecule has 1 saturated carbocycles. The molecule has 4 rings (SSSR count). The van der Waals surface area contributed by atoms with E-state index in [1.807, 2.05) is 0 Å². The van der Waals surface area contributed by atoms with Crippen molar-refractivity contribution in [1.29, 1.82) is 0 Å². The van der Waals surface area contributed by atoms with Gasteiger partial charge in [0.25, 0.3) is 0 Å². The van der Waals surface area contributed by atoms with Crippen molar-refractivity contribution in [2.45, 2.75) is 18.9 Å². The standard InChI is InChI=1S/C19H22F2N4O4/c20-13-15(22)12-17(25(10-1-2-10)9-11(18(12)26)19(27)28)14(21)16(13)23-3-4-24-5-7-29-8-6-24/h9-10,23H,1-8,22H2,(H,27,28). The number of carboxylic acid groups (broad SMARTS) is 1. The number of pyridine rings is 1. The van der Waals surface area contributed by atoms with Gasteiger partial charge in [-0.15, -0.1) is 0 Å². The summed E-state index contributed by atoms with van der Waals surface area (Å²) < 4.78 is 36.9. The fourth-order valence-electron chi connectivity index (χ4n) is 3.68. The number of morpholine rings is 1. The Kier molecular flexibility index (Phi) is 5.13. The van der Waals surface area contributed by atoms with Gasteiger partial charge in [-0.25, -0.2) is 13.6 Å². The van der Waals surface area contributed by atoms with Crippen molar-refractivity contribution in [2.75, 3.05) is 50.4 Å². The van der Waals surface area contributed by atoms with Crippen LogP contribution in [0.15, 0.2) is 11.0 Å². The third kappa shape index (κ3) is 3.53.